The largest absolute Gasteiger partial charge is 0.382 e. The average molecular weight is 441 g/mol. The van der Waals surface area contributed by atoms with E-state index in [4.69, 9.17) is 4.74 Å². The zero-order chi connectivity index (χ0) is 22.9. The van der Waals surface area contributed by atoms with Crippen LogP contribution in [0.5, 0.6) is 0 Å². The fourth-order valence-electron chi connectivity index (χ4n) is 5.65. The molecule has 0 radical (unpaired) electrons. The van der Waals surface area contributed by atoms with Gasteiger partial charge in [0.05, 0.1) is 24.3 Å². The maximum atomic E-state index is 12.9. The lowest BCUT2D eigenvalue weighted by atomic mass is 9.90. The van der Waals surface area contributed by atoms with Gasteiger partial charge >= 0.3 is 0 Å². The minimum atomic E-state index is -0.366. The number of carbonyl (C=O) groups is 2. The van der Waals surface area contributed by atoms with Crippen molar-refractivity contribution in [3.8, 4) is 0 Å². The van der Waals surface area contributed by atoms with Gasteiger partial charge in [-0.1, -0.05) is 18.2 Å². The van der Waals surface area contributed by atoms with Crippen molar-refractivity contribution in [3.05, 3.63) is 36.0 Å². The summed E-state index contributed by atoms with van der Waals surface area (Å²) in [6.07, 6.45) is 6.23. The van der Waals surface area contributed by atoms with Gasteiger partial charge in [0.2, 0.25) is 5.91 Å². The van der Waals surface area contributed by atoms with Crippen LogP contribution >= 0.6 is 0 Å². The van der Waals surface area contributed by atoms with Gasteiger partial charge in [0.15, 0.2) is 0 Å². The molecule has 3 heterocycles. The molecule has 0 saturated carbocycles. The lowest BCUT2D eigenvalue weighted by Gasteiger charge is -2.39. The minimum absolute atomic E-state index is 0.00340. The minimum Gasteiger partial charge on any atom is -0.382 e. The number of benzene rings is 1. The molecule has 0 spiro atoms. The van der Waals surface area contributed by atoms with Gasteiger partial charge in [-0.25, -0.2) is 0 Å². The Morgan fingerprint density at radius 2 is 1.84 bits per heavy atom. The molecule has 3 atom stereocenters. The summed E-state index contributed by atoms with van der Waals surface area (Å²) in [6.45, 7) is 5.58. The number of carbonyl (C=O) groups excluding carboxylic acids is 2. The van der Waals surface area contributed by atoms with Gasteiger partial charge in [0.25, 0.3) is 5.91 Å². The summed E-state index contributed by atoms with van der Waals surface area (Å²) in [5.74, 6) is 0.513. The monoisotopic (exact) mass is 440 g/mol. The van der Waals surface area contributed by atoms with E-state index in [1.165, 1.54) is 0 Å². The Hall–Kier alpha value is -2.38. The first kappa shape index (κ1) is 22.8. The first-order valence-corrected chi connectivity index (χ1v) is 11.7. The summed E-state index contributed by atoms with van der Waals surface area (Å²) in [4.78, 5) is 27.9. The maximum absolute atomic E-state index is 12.9. The highest BCUT2D eigenvalue weighted by Crippen LogP contribution is 2.38. The molecule has 2 aliphatic rings. The van der Waals surface area contributed by atoms with Crippen molar-refractivity contribution in [3.63, 3.8) is 0 Å². The number of nitrogens with zero attached hydrogens (tertiary/aromatic N) is 2. The number of aromatic nitrogens is 1. The first-order valence-electron chi connectivity index (χ1n) is 11.7. The number of nitrogens with one attached hydrogen (secondary N) is 2. The SMILES string of the molecule is COCC(C)(C)NC(=O)CN1[C@@H]2CC[C@H]1C[C@H](CNC(=O)c1cn(C)c3ccccc13)C2. The second-order valence-corrected chi connectivity index (χ2v) is 10.1. The van der Waals surface area contributed by atoms with Gasteiger partial charge < -0.3 is 19.9 Å². The molecule has 2 N–H and O–H groups in total. The molecule has 2 amide bonds. The molecular weight excluding hydrogens is 404 g/mol. The predicted octanol–water partition coefficient (Wildman–Crippen LogP) is 2.69. The number of piperidine rings is 1. The Kier molecular flexibility index (Phi) is 6.58. The fraction of sp³-hybridized carbons (Fsp3) is 0.600. The number of methoxy groups -OCH3 is 1. The molecule has 2 saturated heterocycles. The van der Waals surface area contributed by atoms with E-state index in [0.29, 0.717) is 37.7 Å². The summed E-state index contributed by atoms with van der Waals surface area (Å²) in [5.41, 5.74) is 1.43. The third-order valence-electron chi connectivity index (χ3n) is 6.98. The van der Waals surface area contributed by atoms with Crippen molar-refractivity contribution >= 4 is 22.7 Å². The number of rotatable bonds is 8. The highest BCUT2D eigenvalue weighted by atomic mass is 16.5. The highest BCUT2D eigenvalue weighted by molar-refractivity contribution is 6.06. The van der Waals surface area contributed by atoms with Crippen molar-refractivity contribution in [2.45, 2.75) is 57.2 Å². The molecule has 0 unspecified atom stereocenters. The van der Waals surface area contributed by atoms with Gasteiger partial charge in [-0.2, -0.15) is 0 Å². The maximum Gasteiger partial charge on any atom is 0.253 e. The quantitative estimate of drug-likeness (QED) is 0.662. The Bertz CT molecular complexity index is 969. The lowest BCUT2D eigenvalue weighted by molar-refractivity contribution is -0.125. The van der Waals surface area contributed by atoms with Crippen LogP contribution in [-0.2, 0) is 16.6 Å². The second kappa shape index (κ2) is 9.24. The highest BCUT2D eigenvalue weighted by Gasteiger charge is 2.41. The molecule has 2 bridgehead atoms. The van der Waals surface area contributed by atoms with Crippen LogP contribution in [-0.4, -0.2) is 65.7 Å². The van der Waals surface area contributed by atoms with Gasteiger partial charge in [-0.15, -0.1) is 0 Å². The standard InChI is InChI=1S/C25H36N4O3/c1-25(2,16-32-4)27-23(30)15-29-18-9-10-19(29)12-17(11-18)13-26-24(31)21-14-28(3)22-8-6-5-7-20(21)22/h5-8,14,17-19H,9-13,15-16H2,1-4H3,(H,26,31)(H,27,30)/t17-,18-,19+. The third-order valence-corrected chi connectivity index (χ3v) is 6.98. The number of fused-ring (bicyclic) bond motifs is 3. The molecule has 7 heteroatoms. The van der Waals surface area contributed by atoms with E-state index < -0.39 is 0 Å². The molecule has 2 aromatic rings. The number of ether oxygens (including phenoxy) is 1. The molecule has 4 rings (SSSR count). The number of para-hydroxylation sites is 1. The molecule has 2 fully saturated rings. The number of hydrogen-bond acceptors (Lipinski definition) is 4. The van der Waals surface area contributed by atoms with Crippen LogP contribution in [0.3, 0.4) is 0 Å². The van der Waals surface area contributed by atoms with Crippen molar-refractivity contribution in [1.29, 1.82) is 0 Å². The zero-order valence-electron chi connectivity index (χ0n) is 19.7. The van der Waals surface area contributed by atoms with E-state index in [1.54, 1.807) is 7.11 Å². The van der Waals surface area contributed by atoms with Crippen LogP contribution in [0.2, 0.25) is 0 Å². The van der Waals surface area contributed by atoms with Gasteiger partial charge in [-0.05, 0) is 51.5 Å². The van der Waals surface area contributed by atoms with Crippen LogP contribution in [0, 0.1) is 5.92 Å². The molecule has 1 aromatic carbocycles. The van der Waals surface area contributed by atoms with Crippen LogP contribution in [0.1, 0.15) is 49.9 Å². The van der Waals surface area contributed by atoms with Crippen molar-refractivity contribution in [1.82, 2.24) is 20.1 Å². The molecular formula is C25H36N4O3. The van der Waals surface area contributed by atoms with E-state index in [-0.39, 0.29) is 17.4 Å². The van der Waals surface area contributed by atoms with Crippen LogP contribution < -0.4 is 10.6 Å². The van der Waals surface area contributed by atoms with Gasteiger partial charge in [0, 0.05) is 49.9 Å². The molecule has 1 aromatic heterocycles. The van der Waals surface area contributed by atoms with Crippen molar-refractivity contribution in [2.24, 2.45) is 13.0 Å². The Labute approximate surface area is 190 Å². The zero-order valence-corrected chi connectivity index (χ0v) is 19.7. The normalized spacial score (nSPS) is 23.4. The summed E-state index contributed by atoms with van der Waals surface area (Å²) in [5, 5.41) is 7.27. The number of aryl methyl sites for hydroxylation is 1. The Morgan fingerprint density at radius 1 is 1.16 bits per heavy atom. The number of hydrogen-bond donors (Lipinski definition) is 2. The van der Waals surface area contributed by atoms with E-state index in [9.17, 15) is 9.59 Å². The third kappa shape index (κ3) is 4.84. The molecule has 0 aliphatic carbocycles. The average Bonchev–Trinajstić information content (AvgIpc) is 3.18. The molecule has 2 aliphatic heterocycles. The van der Waals surface area contributed by atoms with E-state index >= 15 is 0 Å². The topological polar surface area (TPSA) is 75.6 Å². The lowest BCUT2D eigenvalue weighted by Crippen LogP contribution is -2.53. The molecule has 174 valence electrons. The van der Waals surface area contributed by atoms with Gasteiger partial charge in [-0.3, -0.25) is 14.5 Å². The first-order chi connectivity index (χ1) is 15.3. The van der Waals surface area contributed by atoms with Crippen LogP contribution in [0.25, 0.3) is 10.9 Å². The van der Waals surface area contributed by atoms with Crippen LogP contribution in [0.4, 0.5) is 0 Å². The summed E-state index contributed by atoms with van der Waals surface area (Å²) < 4.78 is 7.21. The van der Waals surface area contributed by atoms with Crippen molar-refractivity contribution < 1.29 is 14.3 Å². The summed E-state index contributed by atoms with van der Waals surface area (Å²) >= 11 is 0. The second-order valence-electron chi connectivity index (χ2n) is 10.1. The molecule has 32 heavy (non-hydrogen) atoms. The smallest absolute Gasteiger partial charge is 0.253 e. The van der Waals surface area contributed by atoms with Crippen LogP contribution in [0.15, 0.2) is 30.5 Å². The summed E-state index contributed by atoms with van der Waals surface area (Å²) in [6, 6.07) is 8.84. The predicted molar refractivity (Wildman–Crippen MR) is 126 cm³/mol. The number of amides is 2. The summed E-state index contributed by atoms with van der Waals surface area (Å²) in [7, 11) is 3.62. The fourth-order valence-corrected chi connectivity index (χ4v) is 5.65. The molecule has 7 nitrogen and oxygen atoms in total. The van der Waals surface area contributed by atoms with E-state index in [2.05, 4.69) is 15.5 Å². The Balaban J connectivity index is 1.31. The van der Waals surface area contributed by atoms with E-state index in [0.717, 1.165) is 42.1 Å². The Morgan fingerprint density at radius 3 is 2.53 bits per heavy atom. The van der Waals surface area contributed by atoms with Gasteiger partial charge in [0.1, 0.15) is 0 Å². The van der Waals surface area contributed by atoms with E-state index in [1.807, 2.05) is 55.9 Å². The van der Waals surface area contributed by atoms with Crippen molar-refractivity contribution in [2.75, 3.05) is 26.8 Å².